The lowest BCUT2D eigenvalue weighted by Gasteiger charge is -2.21. The second kappa shape index (κ2) is 4.99. The van der Waals surface area contributed by atoms with E-state index in [0.717, 1.165) is 11.4 Å². The molecule has 1 heterocycles. The van der Waals surface area contributed by atoms with Crippen molar-refractivity contribution in [1.82, 2.24) is 4.98 Å². The van der Waals surface area contributed by atoms with Crippen LogP contribution in [0.5, 0.6) is 0 Å². The molecule has 0 aliphatic heterocycles. The molecule has 0 bridgehead atoms. The lowest BCUT2D eigenvalue weighted by molar-refractivity contribution is 1.10. The largest absolute Gasteiger partial charge is 0.328 e. The first-order valence-corrected chi connectivity index (χ1v) is 5.08. The first kappa shape index (κ1) is 10.3. The first-order chi connectivity index (χ1) is 7.92. The third kappa shape index (κ3) is 2.21. The van der Waals surface area contributed by atoms with Crippen LogP contribution >= 0.6 is 0 Å². The van der Waals surface area contributed by atoms with E-state index in [0.29, 0.717) is 6.54 Å². The molecule has 0 aliphatic carbocycles. The summed E-state index contributed by atoms with van der Waals surface area (Å²) in [4.78, 5) is 6.15. The fraction of sp³-hybridized carbons (Fsp3) is 0.0714. The second-order valence-corrected chi connectivity index (χ2v) is 3.34. The highest BCUT2D eigenvalue weighted by Crippen LogP contribution is 2.23. The van der Waals surface area contributed by atoms with E-state index in [1.54, 1.807) is 6.20 Å². The highest BCUT2D eigenvalue weighted by molar-refractivity contribution is 5.62. The fourth-order valence-corrected chi connectivity index (χ4v) is 1.54. The number of aromatic nitrogens is 1. The van der Waals surface area contributed by atoms with Crippen LogP contribution in [0.4, 0.5) is 11.4 Å². The molecule has 16 heavy (non-hydrogen) atoms. The zero-order valence-corrected chi connectivity index (χ0v) is 8.88. The number of terminal acetylenes is 1. The number of nitrogens with zero attached hydrogens (tertiary/aromatic N) is 2. The first-order valence-electron chi connectivity index (χ1n) is 5.08. The molecule has 0 unspecified atom stereocenters. The lowest BCUT2D eigenvalue weighted by atomic mass is 10.2. The Hall–Kier alpha value is -2.27. The van der Waals surface area contributed by atoms with Crippen molar-refractivity contribution in [3.63, 3.8) is 0 Å². The van der Waals surface area contributed by atoms with Gasteiger partial charge in [0.25, 0.3) is 0 Å². The third-order valence-electron chi connectivity index (χ3n) is 2.27. The van der Waals surface area contributed by atoms with E-state index in [9.17, 15) is 0 Å². The maximum atomic E-state index is 5.39. The van der Waals surface area contributed by atoms with Gasteiger partial charge in [0, 0.05) is 11.9 Å². The number of anilines is 2. The Balaban J connectivity index is 2.36. The summed E-state index contributed by atoms with van der Waals surface area (Å²) in [5, 5.41) is 0. The maximum absolute atomic E-state index is 5.39. The van der Waals surface area contributed by atoms with Crippen molar-refractivity contribution in [2.45, 2.75) is 0 Å². The SMILES string of the molecule is C#CCN(c1ccccc1)c1cccnc1. The summed E-state index contributed by atoms with van der Waals surface area (Å²) in [7, 11) is 0. The zero-order chi connectivity index (χ0) is 11.2. The molecular formula is C14H12N2. The molecule has 0 atom stereocenters. The number of rotatable bonds is 3. The van der Waals surface area contributed by atoms with E-state index in [2.05, 4.69) is 10.9 Å². The quantitative estimate of drug-likeness (QED) is 0.721. The van der Waals surface area contributed by atoms with Crippen LogP contribution in [0.25, 0.3) is 0 Å². The van der Waals surface area contributed by atoms with Crippen molar-refractivity contribution in [2.75, 3.05) is 11.4 Å². The topological polar surface area (TPSA) is 16.1 Å². The predicted molar refractivity (Wildman–Crippen MR) is 66.5 cm³/mol. The van der Waals surface area contributed by atoms with Crippen LogP contribution in [0.15, 0.2) is 54.9 Å². The molecule has 0 saturated heterocycles. The predicted octanol–water partition coefficient (Wildman–Crippen LogP) is 2.85. The summed E-state index contributed by atoms with van der Waals surface area (Å²) < 4.78 is 0. The van der Waals surface area contributed by atoms with Crippen LogP contribution in [0, 0.1) is 12.3 Å². The van der Waals surface area contributed by atoms with Gasteiger partial charge in [-0.3, -0.25) is 4.98 Å². The standard InChI is InChI=1S/C14H12N2/c1-2-11-16(13-7-4-3-5-8-13)14-9-6-10-15-12-14/h1,3-10,12H,11H2. The van der Waals surface area contributed by atoms with Crippen LogP contribution in [-0.4, -0.2) is 11.5 Å². The smallest absolute Gasteiger partial charge is 0.0841 e. The second-order valence-electron chi connectivity index (χ2n) is 3.34. The maximum Gasteiger partial charge on any atom is 0.0841 e. The number of hydrogen-bond donors (Lipinski definition) is 0. The molecule has 2 aromatic rings. The van der Waals surface area contributed by atoms with E-state index in [1.165, 1.54) is 0 Å². The van der Waals surface area contributed by atoms with E-state index in [1.807, 2.05) is 53.6 Å². The van der Waals surface area contributed by atoms with Crippen molar-refractivity contribution < 1.29 is 0 Å². The summed E-state index contributed by atoms with van der Waals surface area (Å²) in [6, 6.07) is 13.9. The van der Waals surface area contributed by atoms with E-state index in [-0.39, 0.29) is 0 Å². The normalized spacial score (nSPS) is 9.44. The minimum absolute atomic E-state index is 0.537. The Bertz CT molecular complexity index is 432. The van der Waals surface area contributed by atoms with Gasteiger partial charge in [0.1, 0.15) is 0 Å². The summed E-state index contributed by atoms with van der Waals surface area (Å²) in [6.45, 7) is 0.537. The van der Waals surface area contributed by atoms with Crippen LogP contribution in [0.1, 0.15) is 0 Å². The molecule has 0 fully saturated rings. The minimum Gasteiger partial charge on any atom is -0.328 e. The summed E-state index contributed by atoms with van der Waals surface area (Å²) in [5.41, 5.74) is 2.08. The zero-order valence-electron chi connectivity index (χ0n) is 8.88. The average molecular weight is 208 g/mol. The molecule has 0 radical (unpaired) electrons. The number of para-hydroxylation sites is 1. The Kier molecular flexibility index (Phi) is 3.20. The molecule has 0 saturated carbocycles. The van der Waals surface area contributed by atoms with Gasteiger partial charge in [-0.15, -0.1) is 6.42 Å². The van der Waals surface area contributed by atoms with Crippen molar-refractivity contribution in [3.05, 3.63) is 54.9 Å². The molecule has 1 aromatic heterocycles. The van der Waals surface area contributed by atoms with Crippen LogP contribution in [0.2, 0.25) is 0 Å². The van der Waals surface area contributed by atoms with Gasteiger partial charge >= 0.3 is 0 Å². The van der Waals surface area contributed by atoms with Gasteiger partial charge in [-0.2, -0.15) is 0 Å². The van der Waals surface area contributed by atoms with Crippen LogP contribution in [-0.2, 0) is 0 Å². The summed E-state index contributed by atoms with van der Waals surface area (Å²) >= 11 is 0. The minimum atomic E-state index is 0.537. The van der Waals surface area contributed by atoms with Crippen molar-refractivity contribution in [2.24, 2.45) is 0 Å². The highest BCUT2D eigenvalue weighted by atomic mass is 15.1. The highest BCUT2D eigenvalue weighted by Gasteiger charge is 2.06. The van der Waals surface area contributed by atoms with Gasteiger partial charge in [-0.1, -0.05) is 24.1 Å². The fourth-order valence-electron chi connectivity index (χ4n) is 1.54. The van der Waals surface area contributed by atoms with E-state index < -0.39 is 0 Å². The molecule has 2 nitrogen and oxygen atoms in total. The molecule has 0 aliphatic rings. The monoisotopic (exact) mass is 208 g/mol. The molecule has 2 heteroatoms. The van der Waals surface area contributed by atoms with Gasteiger partial charge < -0.3 is 4.90 Å². The van der Waals surface area contributed by atoms with Gasteiger partial charge in [0.2, 0.25) is 0 Å². The number of pyridine rings is 1. The van der Waals surface area contributed by atoms with Gasteiger partial charge in [-0.05, 0) is 24.3 Å². The number of benzene rings is 1. The van der Waals surface area contributed by atoms with Gasteiger partial charge in [0.05, 0.1) is 18.4 Å². The molecule has 78 valence electrons. The van der Waals surface area contributed by atoms with Crippen molar-refractivity contribution >= 4 is 11.4 Å². The lowest BCUT2D eigenvalue weighted by Crippen LogP contribution is -2.16. The molecule has 2 rings (SSSR count). The molecule has 0 N–H and O–H groups in total. The molecule has 0 amide bonds. The van der Waals surface area contributed by atoms with Crippen LogP contribution < -0.4 is 4.90 Å². The third-order valence-corrected chi connectivity index (χ3v) is 2.27. The van der Waals surface area contributed by atoms with Crippen molar-refractivity contribution in [1.29, 1.82) is 0 Å². The number of hydrogen-bond acceptors (Lipinski definition) is 2. The Labute approximate surface area is 95.6 Å². The molecule has 0 spiro atoms. The van der Waals surface area contributed by atoms with Crippen LogP contribution in [0.3, 0.4) is 0 Å². The Morgan fingerprint density at radius 2 is 1.81 bits per heavy atom. The van der Waals surface area contributed by atoms with E-state index in [4.69, 9.17) is 6.42 Å². The van der Waals surface area contributed by atoms with E-state index >= 15 is 0 Å². The van der Waals surface area contributed by atoms with Gasteiger partial charge in [-0.25, -0.2) is 0 Å². The molecule has 1 aromatic carbocycles. The Morgan fingerprint density at radius 1 is 1.06 bits per heavy atom. The summed E-state index contributed by atoms with van der Waals surface area (Å²) in [5.74, 6) is 2.66. The molecular weight excluding hydrogens is 196 g/mol. The average Bonchev–Trinajstić information content (AvgIpc) is 2.38. The van der Waals surface area contributed by atoms with Gasteiger partial charge in [0.15, 0.2) is 0 Å². The van der Waals surface area contributed by atoms with Crippen molar-refractivity contribution in [3.8, 4) is 12.3 Å². The summed E-state index contributed by atoms with van der Waals surface area (Å²) in [6.07, 6.45) is 8.95. The Morgan fingerprint density at radius 3 is 2.44 bits per heavy atom.